The van der Waals surface area contributed by atoms with Gasteiger partial charge in [0.2, 0.25) is 5.91 Å². The Hall–Kier alpha value is -0.820. The van der Waals surface area contributed by atoms with Crippen LogP contribution in [0.3, 0.4) is 0 Å². The molecule has 0 spiro atoms. The van der Waals surface area contributed by atoms with Crippen molar-refractivity contribution in [3.8, 4) is 0 Å². The molecule has 4 nitrogen and oxygen atoms in total. The Morgan fingerprint density at radius 1 is 1.38 bits per heavy atom. The topological polar surface area (TPSA) is 50.4 Å². The van der Waals surface area contributed by atoms with Crippen molar-refractivity contribution in [1.82, 2.24) is 10.6 Å². The van der Waals surface area contributed by atoms with Crippen molar-refractivity contribution in [3.63, 3.8) is 0 Å². The van der Waals surface area contributed by atoms with Gasteiger partial charge in [-0.2, -0.15) is 13.2 Å². The molecular weight excluding hydrogens is 225 g/mol. The molecule has 0 aliphatic rings. The predicted octanol–water partition coefficient (Wildman–Crippen LogP) is 0.679. The number of alkyl halides is 3. The number of ether oxygens (including phenoxy) is 1. The molecule has 0 aromatic carbocycles. The monoisotopic (exact) mass is 242 g/mol. The first-order valence-electron chi connectivity index (χ1n) is 4.97. The van der Waals surface area contributed by atoms with E-state index in [0.717, 1.165) is 0 Å². The molecule has 0 radical (unpaired) electrons. The highest BCUT2D eigenvalue weighted by Gasteiger charge is 2.26. The van der Waals surface area contributed by atoms with Gasteiger partial charge in [-0.1, -0.05) is 0 Å². The van der Waals surface area contributed by atoms with Crippen molar-refractivity contribution in [3.05, 3.63) is 0 Å². The second kappa shape index (κ2) is 7.45. The molecule has 0 aliphatic carbocycles. The molecule has 16 heavy (non-hydrogen) atoms. The number of amides is 1. The number of hydrogen-bond donors (Lipinski definition) is 2. The summed E-state index contributed by atoms with van der Waals surface area (Å²) in [6, 6.07) is 0. The molecule has 1 amide bonds. The lowest BCUT2D eigenvalue weighted by Crippen LogP contribution is -2.39. The molecule has 0 atom stereocenters. The second-order valence-corrected chi connectivity index (χ2v) is 3.49. The Morgan fingerprint density at radius 3 is 2.50 bits per heavy atom. The van der Waals surface area contributed by atoms with Gasteiger partial charge >= 0.3 is 6.18 Å². The minimum Gasteiger partial charge on any atom is -0.377 e. The van der Waals surface area contributed by atoms with Gasteiger partial charge in [0.05, 0.1) is 25.8 Å². The van der Waals surface area contributed by atoms with Crippen LogP contribution in [0.2, 0.25) is 0 Å². The number of carbonyl (C=O) groups excluding carboxylic acids is 1. The number of halogens is 3. The zero-order valence-electron chi connectivity index (χ0n) is 9.36. The van der Waals surface area contributed by atoms with Gasteiger partial charge in [0.1, 0.15) is 0 Å². The number of hydrogen-bond acceptors (Lipinski definition) is 3. The third kappa shape index (κ3) is 11.3. The van der Waals surface area contributed by atoms with Crippen LogP contribution in [0.25, 0.3) is 0 Å². The van der Waals surface area contributed by atoms with E-state index in [1.54, 1.807) is 0 Å². The van der Waals surface area contributed by atoms with Crippen LogP contribution in [-0.4, -0.2) is 44.4 Å². The SMILES string of the molecule is CC(C)OCCNC(=O)CNCC(F)(F)F. The van der Waals surface area contributed by atoms with Crippen molar-refractivity contribution in [2.45, 2.75) is 26.1 Å². The first-order chi connectivity index (χ1) is 7.31. The Balaban J connectivity index is 3.39. The summed E-state index contributed by atoms with van der Waals surface area (Å²) in [6.07, 6.45) is -4.22. The molecule has 0 heterocycles. The molecule has 96 valence electrons. The van der Waals surface area contributed by atoms with E-state index in [2.05, 4.69) is 5.32 Å². The Labute approximate surface area is 92.5 Å². The van der Waals surface area contributed by atoms with Crippen LogP contribution in [0.4, 0.5) is 13.2 Å². The van der Waals surface area contributed by atoms with Crippen molar-refractivity contribution in [2.24, 2.45) is 0 Å². The summed E-state index contributed by atoms with van der Waals surface area (Å²) in [4.78, 5) is 11.0. The molecular formula is C9H17F3N2O2. The van der Waals surface area contributed by atoms with Crippen molar-refractivity contribution < 1.29 is 22.7 Å². The lowest BCUT2D eigenvalue weighted by atomic mass is 10.5. The van der Waals surface area contributed by atoms with E-state index in [1.807, 2.05) is 19.2 Å². The van der Waals surface area contributed by atoms with Crippen molar-refractivity contribution in [1.29, 1.82) is 0 Å². The van der Waals surface area contributed by atoms with E-state index < -0.39 is 18.6 Å². The van der Waals surface area contributed by atoms with E-state index in [9.17, 15) is 18.0 Å². The Kier molecular flexibility index (Phi) is 7.07. The lowest BCUT2D eigenvalue weighted by Gasteiger charge is -2.10. The van der Waals surface area contributed by atoms with Gasteiger partial charge in [0.25, 0.3) is 0 Å². The van der Waals surface area contributed by atoms with Gasteiger partial charge in [-0.25, -0.2) is 0 Å². The smallest absolute Gasteiger partial charge is 0.377 e. The standard InChI is InChI=1S/C9H17F3N2O2/c1-7(2)16-4-3-14-8(15)5-13-6-9(10,11)12/h7,13H,3-6H2,1-2H3,(H,14,15). The van der Waals surface area contributed by atoms with Crippen LogP contribution < -0.4 is 10.6 Å². The number of carbonyl (C=O) groups is 1. The molecule has 0 unspecified atom stereocenters. The van der Waals surface area contributed by atoms with E-state index in [0.29, 0.717) is 13.2 Å². The van der Waals surface area contributed by atoms with E-state index in [4.69, 9.17) is 4.74 Å². The number of rotatable bonds is 7. The fourth-order valence-electron chi connectivity index (χ4n) is 0.865. The van der Waals surface area contributed by atoms with E-state index >= 15 is 0 Å². The van der Waals surface area contributed by atoms with Crippen molar-refractivity contribution >= 4 is 5.91 Å². The zero-order chi connectivity index (χ0) is 12.6. The molecule has 0 rings (SSSR count). The van der Waals surface area contributed by atoms with Crippen LogP contribution in [-0.2, 0) is 9.53 Å². The normalized spacial score (nSPS) is 11.9. The minimum absolute atomic E-state index is 0.0697. The summed E-state index contributed by atoms with van der Waals surface area (Å²) in [6.45, 7) is 2.84. The fourth-order valence-corrected chi connectivity index (χ4v) is 0.865. The third-order valence-corrected chi connectivity index (χ3v) is 1.49. The largest absolute Gasteiger partial charge is 0.401 e. The van der Waals surface area contributed by atoms with Crippen LogP contribution in [0, 0.1) is 0 Å². The summed E-state index contributed by atoms with van der Waals surface area (Å²) >= 11 is 0. The minimum atomic E-state index is -4.29. The predicted molar refractivity (Wildman–Crippen MR) is 53.0 cm³/mol. The average molecular weight is 242 g/mol. The first-order valence-corrected chi connectivity index (χ1v) is 4.97. The summed E-state index contributed by atoms with van der Waals surface area (Å²) < 4.78 is 40.2. The molecule has 2 N–H and O–H groups in total. The van der Waals surface area contributed by atoms with Crippen LogP contribution >= 0.6 is 0 Å². The summed E-state index contributed by atoms with van der Waals surface area (Å²) in [5.41, 5.74) is 0. The van der Waals surface area contributed by atoms with Crippen LogP contribution in [0.1, 0.15) is 13.8 Å². The Bertz CT molecular complexity index is 207. The third-order valence-electron chi connectivity index (χ3n) is 1.49. The van der Waals surface area contributed by atoms with Gasteiger partial charge in [0.15, 0.2) is 0 Å². The van der Waals surface area contributed by atoms with Crippen LogP contribution in [0.15, 0.2) is 0 Å². The summed E-state index contributed by atoms with van der Waals surface area (Å²) in [7, 11) is 0. The molecule has 0 saturated heterocycles. The lowest BCUT2D eigenvalue weighted by molar-refractivity contribution is -0.128. The highest BCUT2D eigenvalue weighted by Crippen LogP contribution is 2.11. The molecule has 0 fully saturated rings. The molecule has 0 aromatic heterocycles. The van der Waals surface area contributed by atoms with E-state index in [-0.39, 0.29) is 12.6 Å². The second-order valence-electron chi connectivity index (χ2n) is 3.49. The highest BCUT2D eigenvalue weighted by molar-refractivity contribution is 5.77. The maximum atomic E-state index is 11.7. The molecule has 7 heteroatoms. The van der Waals surface area contributed by atoms with E-state index in [1.165, 1.54) is 0 Å². The van der Waals surface area contributed by atoms with Crippen molar-refractivity contribution in [2.75, 3.05) is 26.2 Å². The van der Waals surface area contributed by atoms with Gasteiger partial charge in [-0.3, -0.25) is 4.79 Å². The van der Waals surface area contributed by atoms with Gasteiger partial charge in [-0.05, 0) is 13.8 Å². The number of nitrogens with one attached hydrogen (secondary N) is 2. The van der Waals surface area contributed by atoms with Gasteiger partial charge in [-0.15, -0.1) is 0 Å². The van der Waals surface area contributed by atoms with Gasteiger partial charge < -0.3 is 15.4 Å². The quantitative estimate of drug-likeness (QED) is 0.645. The molecule has 0 aliphatic heterocycles. The van der Waals surface area contributed by atoms with Gasteiger partial charge in [0, 0.05) is 6.54 Å². The highest BCUT2D eigenvalue weighted by atomic mass is 19.4. The zero-order valence-corrected chi connectivity index (χ0v) is 9.36. The summed E-state index contributed by atoms with van der Waals surface area (Å²) in [5.74, 6) is -0.475. The first kappa shape index (κ1) is 15.2. The van der Waals surface area contributed by atoms with Crippen LogP contribution in [0.5, 0.6) is 0 Å². The molecule has 0 aromatic rings. The maximum Gasteiger partial charge on any atom is 0.401 e. The Morgan fingerprint density at radius 2 is 2.00 bits per heavy atom. The molecule has 0 bridgehead atoms. The maximum absolute atomic E-state index is 11.7. The fraction of sp³-hybridized carbons (Fsp3) is 0.889. The summed E-state index contributed by atoms with van der Waals surface area (Å²) in [5, 5.41) is 4.43. The average Bonchev–Trinajstić information content (AvgIpc) is 2.10. The molecule has 0 saturated carbocycles.